The van der Waals surface area contributed by atoms with Crippen molar-refractivity contribution in [1.29, 1.82) is 0 Å². The highest BCUT2D eigenvalue weighted by molar-refractivity contribution is 5.76. The second kappa shape index (κ2) is 18.1. The third kappa shape index (κ3) is 12.1. The quantitative estimate of drug-likeness (QED) is 0.429. The maximum atomic E-state index is 11.6. The van der Waals surface area contributed by atoms with Crippen molar-refractivity contribution < 1.29 is 18.8 Å². The maximum absolute atomic E-state index is 11.6. The number of methoxy groups -OCH3 is 1. The number of nitrogens with zero attached hydrogens (tertiary/aromatic N) is 2. The van der Waals surface area contributed by atoms with E-state index < -0.39 is 0 Å². The minimum Gasteiger partial charge on any atom is -0.496 e. The second-order valence-corrected chi connectivity index (χ2v) is 8.42. The van der Waals surface area contributed by atoms with Crippen LogP contribution in [-0.2, 0) is 9.59 Å². The van der Waals surface area contributed by atoms with Crippen LogP contribution >= 0.6 is 0 Å². The fraction of sp³-hybridized carbons (Fsp3) is 0.536. The van der Waals surface area contributed by atoms with Crippen LogP contribution in [0.3, 0.4) is 0 Å². The third-order valence-corrected chi connectivity index (χ3v) is 5.21. The molecule has 7 nitrogen and oxygen atoms in total. The van der Waals surface area contributed by atoms with Gasteiger partial charge in [0, 0.05) is 36.2 Å². The predicted octanol–water partition coefficient (Wildman–Crippen LogP) is 5.54. The lowest BCUT2D eigenvalue weighted by atomic mass is 10.0. The van der Waals surface area contributed by atoms with Crippen molar-refractivity contribution in [1.82, 2.24) is 15.4 Å². The zero-order valence-corrected chi connectivity index (χ0v) is 22.6. The van der Waals surface area contributed by atoms with Gasteiger partial charge in [0.05, 0.1) is 18.8 Å². The van der Waals surface area contributed by atoms with E-state index in [2.05, 4.69) is 41.7 Å². The number of amides is 2. The van der Waals surface area contributed by atoms with Crippen molar-refractivity contribution in [3.05, 3.63) is 47.3 Å². The Labute approximate surface area is 211 Å². The van der Waals surface area contributed by atoms with Gasteiger partial charge in [0.25, 0.3) is 0 Å². The Morgan fingerprint density at radius 1 is 1.34 bits per heavy atom. The van der Waals surface area contributed by atoms with Crippen LogP contribution in [0, 0.1) is 25.2 Å². The molecule has 0 radical (unpaired) electrons. The van der Waals surface area contributed by atoms with Gasteiger partial charge >= 0.3 is 0 Å². The summed E-state index contributed by atoms with van der Waals surface area (Å²) in [6.07, 6.45) is 10.6. The van der Waals surface area contributed by atoms with E-state index >= 15 is 0 Å². The van der Waals surface area contributed by atoms with Crippen LogP contribution in [0.4, 0.5) is 0 Å². The van der Waals surface area contributed by atoms with Crippen LogP contribution in [0.5, 0.6) is 5.75 Å². The number of rotatable bonds is 6. The molecule has 0 aliphatic carbocycles. The van der Waals surface area contributed by atoms with Crippen LogP contribution in [0.1, 0.15) is 83.7 Å². The Kier molecular flexibility index (Phi) is 16.4. The molecule has 2 amide bonds. The van der Waals surface area contributed by atoms with Crippen molar-refractivity contribution >= 4 is 12.3 Å². The van der Waals surface area contributed by atoms with Gasteiger partial charge in [0.15, 0.2) is 0 Å². The molecule has 3 rings (SSSR count). The van der Waals surface area contributed by atoms with Gasteiger partial charge in [-0.25, -0.2) is 0 Å². The Morgan fingerprint density at radius 2 is 2.03 bits per heavy atom. The molecule has 1 N–H and O–H groups in total. The lowest BCUT2D eigenvalue weighted by Crippen LogP contribution is -2.34. The van der Waals surface area contributed by atoms with Gasteiger partial charge in [0.2, 0.25) is 12.3 Å². The molecule has 2 heterocycles. The van der Waals surface area contributed by atoms with Gasteiger partial charge in [-0.1, -0.05) is 44.8 Å². The standard InChI is InChI=1S/C12H13NO2.C10H19NO.C4H5NO.C2H6/c1-4-10-5-6-11(9(2)13-8-14)12(7-10)15-3;1-8(2)7-10(12)11-6-4-5-9(11)3;1-4-2-3-6-5-4;1-2/h1,5-9H,2-3H3,(H,13,14);8-9H,4-7H2,1-3H3;2-3H,1H3;1-2H3. The predicted molar refractivity (Wildman–Crippen MR) is 141 cm³/mol. The van der Waals surface area contributed by atoms with E-state index in [0.717, 1.165) is 23.4 Å². The molecule has 1 fully saturated rings. The molecule has 1 aliphatic rings. The molecule has 1 aromatic heterocycles. The SMILES string of the molecule is C#Cc1ccc(C(C)NC=O)c(OC)c1.CC.CC(C)CC(=O)N1CCCC1C.Cc1ccon1. The highest BCUT2D eigenvalue weighted by Crippen LogP contribution is 2.25. The Balaban J connectivity index is 0.000000513. The number of likely N-dealkylation sites (tertiary alicyclic amines) is 1. The zero-order chi connectivity index (χ0) is 26.8. The number of aromatic nitrogens is 1. The normalized spacial score (nSPS) is 14.6. The van der Waals surface area contributed by atoms with Crippen LogP contribution in [-0.4, -0.2) is 42.1 Å². The first-order valence-corrected chi connectivity index (χ1v) is 12.2. The number of terminal acetylenes is 1. The van der Waals surface area contributed by atoms with E-state index in [-0.39, 0.29) is 6.04 Å². The first-order chi connectivity index (χ1) is 16.7. The molecule has 7 heteroatoms. The van der Waals surface area contributed by atoms with Gasteiger partial charge in [-0.3, -0.25) is 9.59 Å². The van der Waals surface area contributed by atoms with E-state index in [0.29, 0.717) is 36.4 Å². The van der Waals surface area contributed by atoms with Gasteiger partial charge in [0.1, 0.15) is 12.0 Å². The summed E-state index contributed by atoms with van der Waals surface area (Å²) in [6, 6.07) is 7.65. The van der Waals surface area contributed by atoms with Crippen molar-refractivity contribution in [3.63, 3.8) is 0 Å². The van der Waals surface area contributed by atoms with E-state index in [1.165, 1.54) is 12.8 Å². The Morgan fingerprint density at radius 3 is 2.43 bits per heavy atom. The second-order valence-electron chi connectivity index (χ2n) is 8.42. The molecule has 0 bridgehead atoms. The topological polar surface area (TPSA) is 84.7 Å². The number of ether oxygens (including phenoxy) is 1. The highest BCUT2D eigenvalue weighted by atomic mass is 16.5. The molecule has 2 atom stereocenters. The van der Waals surface area contributed by atoms with Gasteiger partial charge < -0.3 is 19.5 Å². The molecular formula is C28H43N3O4. The van der Waals surface area contributed by atoms with Gasteiger partial charge in [-0.2, -0.15) is 0 Å². The summed E-state index contributed by atoms with van der Waals surface area (Å²) in [5, 5.41) is 6.20. The van der Waals surface area contributed by atoms with E-state index in [1.807, 2.05) is 44.7 Å². The summed E-state index contributed by atoms with van der Waals surface area (Å²) >= 11 is 0. The lowest BCUT2D eigenvalue weighted by molar-refractivity contribution is -0.132. The zero-order valence-electron chi connectivity index (χ0n) is 22.6. The van der Waals surface area contributed by atoms with Crippen molar-refractivity contribution in [2.24, 2.45) is 5.92 Å². The summed E-state index contributed by atoms with van der Waals surface area (Å²) in [5.74, 6) is 4.05. The molecule has 2 aromatic rings. The van der Waals surface area contributed by atoms with Gasteiger partial charge in [-0.15, -0.1) is 6.42 Å². The van der Waals surface area contributed by atoms with Crippen molar-refractivity contribution in [3.8, 4) is 18.1 Å². The van der Waals surface area contributed by atoms with Gasteiger partial charge in [-0.05, 0) is 51.7 Å². The minimum atomic E-state index is -0.0933. The molecule has 1 aromatic carbocycles. The average Bonchev–Trinajstić information content (AvgIpc) is 3.51. The molecule has 194 valence electrons. The summed E-state index contributed by atoms with van der Waals surface area (Å²) in [7, 11) is 1.58. The number of hydrogen-bond acceptors (Lipinski definition) is 5. The summed E-state index contributed by atoms with van der Waals surface area (Å²) in [6.45, 7) is 15.1. The Bertz CT molecular complexity index is 888. The van der Waals surface area contributed by atoms with E-state index in [1.54, 1.807) is 25.5 Å². The number of hydrogen-bond donors (Lipinski definition) is 1. The number of aryl methyl sites for hydroxylation is 1. The number of nitrogens with one attached hydrogen (secondary N) is 1. The maximum Gasteiger partial charge on any atom is 0.223 e. The first kappa shape index (κ1) is 31.7. The van der Waals surface area contributed by atoms with Crippen molar-refractivity contribution in [2.75, 3.05) is 13.7 Å². The summed E-state index contributed by atoms with van der Waals surface area (Å²) < 4.78 is 9.67. The largest absolute Gasteiger partial charge is 0.496 e. The average molecular weight is 486 g/mol. The number of carbonyl (C=O) groups excluding carboxylic acids is 2. The molecule has 35 heavy (non-hydrogen) atoms. The molecule has 1 aliphatic heterocycles. The third-order valence-electron chi connectivity index (χ3n) is 5.21. The number of carbonyl (C=O) groups is 2. The van der Waals surface area contributed by atoms with E-state index in [9.17, 15) is 9.59 Å². The fourth-order valence-corrected chi connectivity index (χ4v) is 3.39. The molecule has 0 saturated carbocycles. The number of benzene rings is 1. The highest BCUT2D eigenvalue weighted by Gasteiger charge is 2.24. The molecule has 2 unspecified atom stereocenters. The molecule has 0 spiro atoms. The lowest BCUT2D eigenvalue weighted by Gasteiger charge is -2.22. The smallest absolute Gasteiger partial charge is 0.223 e. The van der Waals surface area contributed by atoms with Crippen LogP contribution in [0.2, 0.25) is 0 Å². The molecule has 1 saturated heterocycles. The van der Waals surface area contributed by atoms with Crippen LogP contribution in [0.15, 0.2) is 35.1 Å². The van der Waals surface area contributed by atoms with Crippen LogP contribution in [0.25, 0.3) is 0 Å². The first-order valence-electron chi connectivity index (χ1n) is 12.2. The van der Waals surface area contributed by atoms with Crippen molar-refractivity contribution in [2.45, 2.75) is 79.8 Å². The fourth-order valence-electron chi connectivity index (χ4n) is 3.39. The minimum absolute atomic E-state index is 0.0933. The van der Waals surface area contributed by atoms with E-state index in [4.69, 9.17) is 11.2 Å². The molecular weight excluding hydrogens is 442 g/mol. The monoisotopic (exact) mass is 485 g/mol. The van der Waals surface area contributed by atoms with Crippen LogP contribution < -0.4 is 10.1 Å². The summed E-state index contributed by atoms with van der Waals surface area (Å²) in [5.41, 5.74) is 2.59. The Hall–Kier alpha value is -3.27. The summed E-state index contributed by atoms with van der Waals surface area (Å²) in [4.78, 5) is 23.9.